The standard InChI is InChI=1S/C15H15BrFNO2/c1-19-13-6-12(7-14(8-13)20-2)18-9-10-3-4-11(17)5-15(10)16/h3-8,18H,9H2,1-2H3. The van der Waals surface area contributed by atoms with Gasteiger partial charge in [0, 0.05) is 34.9 Å². The Morgan fingerprint density at radius 3 is 2.25 bits per heavy atom. The van der Waals surface area contributed by atoms with Gasteiger partial charge in [0.15, 0.2) is 0 Å². The summed E-state index contributed by atoms with van der Waals surface area (Å²) in [6.07, 6.45) is 0. The molecule has 0 atom stereocenters. The van der Waals surface area contributed by atoms with Crippen molar-refractivity contribution >= 4 is 21.6 Å². The van der Waals surface area contributed by atoms with Crippen LogP contribution in [0.4, 0.5) is 10.1 Å². The molecule has 0 bridgehead atoms. The van der Waals surface area contributed by atoms with Crippen molar-refractivity contribution in [3.8, 4) is 11.5 Å². The van der Waals surface area contributed by atoms with Crippen LogP contribution in [0.2, 0.25) is 0 Å². The molecule has 2 rings (SSSR count). The molecule has 0 aliphatic heterocycles. The van der Waals surface area contributed by atoms with Crippen molar-refractivity contribution in [1.29, 1.82) is 0 Å². The van der Waals surface area contributed by atoms with E-state index in [-0.39, 0.29) is 5.82 Å². The third-order valence-electron chi connectivity index (χ3n) is 2.85. The number of hydrogen-bond acceptors (Lipinski definition) is 3. The molecule has 0 amide bonds. The van der Waals surface area contributed by atoms with Crippen LogP contribution in [0.5, 0.6) is 11.5 Å². The number of ether oxygens (including phenoxy) is 2. The van der Waals surface area contributed by atoms with Gasteiger partial charge in [0.05, 0.1) is 14.2 Å². The molecule has 0 saturated carbocycles. The lowest BCUT2D eigenvalue weighted by molar-refractivity contribution is 0.394. The summed E-state index contributed by atoms with van der Waals surface area (Å²) in [6, 6.07) is 10.2. The van der Waals surface area contributed by atoms with Gasteiger partial charge in [0.25, 0.3) is 0 Å². The molecule has 0 spiro atoms. The van der Waals surface area contributed by atoms with Gasteiger partial charge in [-0.15, -0.1) is 0 Å². The molecular formula is C15H15BrFNO2. The Labute approximate surface area is 125 Å². The summed E-state index contributed by atoms with van der Waals surface area (Å²) < 4.78 is 24.2. The minimum absolute atomic E-state index is 0.260. The minimum Gasteiger partial charge on any atom is -0.497 e. The van der Waals surface area contributed by atoms with Crippen molar-refractivity contribution < 1.29 is 13.9 Å². The van der Waals surface area contributed by atoms with Crippen LogP contribution in [0.3, 0.4) is 0 Å². The van der Waals surface area contributed by atoms with Gasteiger partial charge < -0.3 is 14.8 Å². The van der Waals surface area contributed by atoms with E-state index in [1.165, 1.54) is 12.1 Å². The average molecular weight is 340 g/mol. The summed E-state index contributed by atoms with van der Waals surface area (Å²) in [5, 5.41) is 3.26. The van der Waals surface area contributed by atoms with Crippen LogP contribution in [0, 0.1) is 5.82 Å². The van der Waals surface area contributed by atoms with E-state index >= 15 is 0 Å². The monoisotopic (exact) mass is 339 g/mol. The van der Waals surface area contributed by atoms with Gasteiger partial charge >= 0.3 is 0 Å². The molecule has 0 radical (unpaired) electrons. The zero-order valence-electron chi connectivity index (χ0n) is 11.2. The smallest absolute Gasteiger partial charge is 0.124 e. The molecule has 0 saturated heterocycles. The summed E-state index contributed by atoms with van der Waals surface area (Å²) in [4.78, 5) is 0. The van der Waals surface area contributed by atoms with Gasteiger partial charge in [-0.2, -0.15) is 0 Å². The summed E-state index contributed by atoms with van der Waals surface area (Å²) >= 11 is 3.35. The summed E-state index contributed by atoms with van der Waals surface area (Å²) in [5.74, 6) is 1.17. The van der Waals surface area contributed by atoms with Gasteiger partial charge in [0.2, 0.25) is 0 Å². The van der Waals surface area contributed by atoms with Crippen LogP contribution in [-0.4, -0.2) is 14.2 Å². The van der Waals surface area contributed by atoms with Crippen molar-refractivity contribution in [2.24, 2.45) is 0 Å². The normalized spacial score (nSPS) is 10.2. The van der Waals surface area contributed by atoms with Crippen LogP contribution in [0.15, 0.2) is 40.9 Å². The molecule has 0 aromatic heterocycles. The van der Waals surface area contributed by atoms with Crippen LogP contribution >= 0.6 is 15.9 Å². The van der Waals surface area contributed by atoms with E-state index in [2.05, 4.69) is 21.2 Å². The molecule has 1 N–H and O–H groups in total. The van der Waals surface area contributed by atoms with Crippen LogP contribution < -0.4 is 14.8 Å². The molecular weight excluding hydrogens is 325 g/mol. The highest BCUT2D eigenvalue weighted by Gasteiger charge is 2.04. The first-order valence-electron chi connectivity index (χ1n) is 6.03. The second-order valence-electron chi connectivity index (χ2n) is 4.19. The maximum absolute atomic E-state index is 13.0. The molecule has 0 heterocycles. The molecule has 2 aromatic rings. The number of hydrogen-bond donors (Lipinski definition) is 1. The number of halogens is 2. The van der Waals surface area contributed by atoms with Gasteiger partial charge in [-0.05, 0) is 17.7 Å². The molecule has 20 heavy (non-hydrogen) atoms. The van der Waals surface area contributed by atoms with Crippen molar-refractivity contribution in [3.63, 3.8) is 0 Å². The SMILES string of the molecule is COc1cc(NCc2ccc(F)cc2Br)cc(OC)c1. The van der Waals surface area contributed by atoms with Gasteiger partial charge in [-0.25, -0.2) is 4.39 Å². The highest BCUT2D eigenvalue weighted by molar-refractivity contribution is 9.10. The summed E-state index contributed by atoms with van der Waals surface area (Å²) in [7, 11) is 3.21. The Morgan fingerprint density at radius 2 is 1.70 bits per heavy atom. The zero-order valence-corrected chi connectivity index (χ0v) is 12.8. The first-order chi connectivity index (χ1) is 9.62. The molecule has 2 aromatic carbocycles. The van der Waals surface area contributed by atoms with Crippen molar-refractivity contribution in [2.75, 3.05) is 19.5 Å². The number of nitrogens with one attached hydrogen (secondary N) is 1. The Morgan fingerprint density at radius 1 is 1.05 bits per heavy atom. The Balaban J connectivity index is 2.13. The van der Waals surface area contributed by atoms with E-state index in [9.17, 15) is 4.39 Å². The van der Waals surface area contributed by atoms with E-state index in [0.717, 1.165) is 15.7 Å². The highest BCUT2D eigenvalue weighted by Crippen LogP contribution is 2.27. The largest absolute Gasteiger partial charge is 0.497 e. The van der Waals surface area contributed by atoms with E-state index in [4.69, 9.17) is 9.47 Å². The molecule has 0 aliphatic rings. The van der Waals surface area contributed by atoms with Crippen molar-refractivity contribution in [3.05, 3.63) is 52.3 Å². The zero-order chi connectivity index (χ0) is 14.5. The molecule has 5 heteroatoms. The van der Waals surface area contributed by atoms with Crippen molar-refractivity contribution in [2.45, 2.75) is 6.54 Å². The van der Waals surface area contributed by atoms with E-state index in [1.54, 1.807) is 26.4 Å². The maximum Gasteiger partial charge on any atom is 0.124 e. The Bertz CT molecular complexity index is 582. The molecule has 106 valence electrons. The number of anilines is 1. The fraction of sp³-hybridized carbons (Fsp3) is 0.200. The van der Waals surface area contributed by atoms with Crippen LogP contribution in [-0.2, 0) is 6.54 Å². The van der Waals surface area contributed by atoms with E-state index in [0.29, 0.717) is 18.0 Å². The first-order valence-corrected chi connectivity index (χ1v) is 6.82. The molecule has 3 nitrogen and oxygen atoms in total. The predicted octanol–water partition coefficient (Wildman–Crippen LogP) is 4.22. The van der Waals surface area contributed by atoms with Crippen molar-refractivity contribution in [1.82, 2.24) is 0 Å². The average Bonchev–Trinajstić information content (AvgIpc) is 2.46. The van der Waals surface area contributed by atoms with Gasteiger partial charge in [-0.1, -0.05) is 22.0 Å². The fourth-order valence-electron chi connectivity index (χ4n) is 1.77. The third-order valence-corrected chi connectivity index (χ3v) is 3.59. The third kappa shape index (κ3) is 3.63. The number of benzene rings is 2. The molecule has 0 aliphatic carbocycles. The second kappa shape index (κ2) is 6.61. The minimum atomic E-state index is -0.260. The lowest BCUT2D eigenvalue weighted by atomic mass is 10.2. The van der Waals surface area contributed by atoms with Crippen LogP contribution in [0.1, 0.15) is 5.56 Å². The fourth-order valence-corrected chi connectivity index (χ4v) is 2.26. The second-order valence-corrected chi connectivity index (χ2v) is 5.04. The Kier molecular flexibility index (Phi) is 4.84. The maximum atomic E-state index is 13.0. The first kappa shape index (κ1) is 14.7. The number of methoxy groups -OCH3 is 2. The van der Waals surface area contributed by atoms with E-state index < -0.39 is 0 Å². The lowest BCUT2D eigenvalue weighted by Crippen LogP contribution is -2.01. The highest BCUT2D eigenvalue weighted by atomic mass is 79.9. The Hall–Kier alpha value is -1.75. The van der Waals surface area contributed by atoms with Gasteiger partial charge in [-0.3, -0.25) is 0 Å². The van der Waals surface area contributed by atoms with E-state index in [1.807, 2.05) is 12.1 Å². The predicted molar refractivity (Wildman–Crippen MR) is 81.0 cm³/mol. The topological polar surface area (TPSA) is 30.5 Å². The summed E-state index contributed by atoms with van der Waals surface area (Å²) in [5.41, 5.74) is 1.84. The van der Waals surface area contributed by atoms with Gasteiger partial charge in [0.1, 0.15) is 17.3 Å². The van der Waals surface area contributed by atoms with Crippen LogP contribution in [0.25, 0.3) is 0 Å². The number of rotatable bonds is 5. The quantitative estimate of drug-likeness (QED) is 0.884. The molecule has 0 fully saturated rings. The summed E-state index contributed by atoms with van der Waals surface area (Å²) in [6.45, 7) is 0.567. The lowest BCUT2D eigenvalue weighted by Gasteiger charge is -2.11. The molecule has 0 unspecified atom stereocenters.